The molecule has 3 nitrogen and oxygen atoms in total. The molecule has 1 fully saturated rings. The third kappa shape index (κ3) is 5.49. The summed E-state index contributed by atoms with van der Waals surface area (Å²) in [5.74, 6) is 0.636. The van der Waals surface area contributed by atoms with Gasteiger partial charge in [-0.3, -0.25) is 9.69 Å². The first-order valence-electron chi connectivity index (χ1n) is 9.46. The molecule has 0 atom stereocenters. The van der Waals surface area contributed by atoms with Gasteiger partial charge in [0, 0.05) is 15.6 Å². The zero-order valence-corrected chi connectivity index (χ0v) is 19.4. The molecule has 0 aromatic heterocycles. The molecular formula is C24H17Cl2NO2S2. The van der Waals surface area contributed by atoms with Crippen LogP contribution in [0.1, 0.15) is 16.7 Å². The van der Waals surface area contributed by atoms with E-state index in [9.17, 15) is 4.79 Å². The van der Waals surface area contributed by atoms with E-state index in [0.29, 0.717) is 38.2 Å². The van der Waals surface area contributed by atoms with Crippen LogP contribution in [-0.2, 0) is 17.9 Å². The lowest BCUT2D eigenvalue weighted by atomic mass is 10.2. The number of thioether (sulfide) groups is 1. The number of rotatable bonds is 6. The molecule has 7 heteroatoms. The number of carbonyl (C=O) groups is 1. The highest BCUT2D eigenvalue weighted by molar-refractivity contribution is 8.26. The Labute approximate surface area is 200 Å². The molecule has 0 saturated carbocycles. The van der Waals surface area contributed by atoms with Gasteiger partial charge in [-0.05, 0) is 41.5 Å². The fourth-order valence-electron chi connectivity index (χ4n) is 3.01. The molecule has 0 unspecified atom stereocenters. The van der Waals surface area contributed by atoms with Crippen molar-refractivity contribution in [3.8, 4) is 5.75 Å². The summed E-state index contributed by atoms with van der Waals surface area (Å²) in [6, 6.07) is 22.7. The second-order valence-corrected chi connectivity index (χ2v) is 9.37. The largest absolute Gasteiger partial charge is 0.489 e. The summed E-state index contributed by atoms with van der Waals surface area (Å²) in [6.07, 6.45) is 1.85. The quantitative estimate of drug-likeness (QED) is 0.278. The van der Waals surface area contributed by atoms with Gasteiger partial charge in [-0.1, -0.05) is 95.7 Å². The Balaban J connectivity index is 1.41. The Morgan fingerprint density at radius 2 is 1.74 bits per heavy atom. The number of hydrogen-bond donors (Lipinski definition) is 0. The first-order chi connectivity index (χ1) is 15.0. The Kier molecular flexibility index (Phi) is 6.98. The zero-order valence-electron chi connectivity index (χ0n) is 16.3. The van der Waals surface area contributed by atoms with Crippen molar-refractivity contribution in [1.29, 1.82) is 0 Å². The minimum Gasteiger partial charge on any atom is -0.489 e. The minimum absolute atomic E-state index is 0.0726. The fraction of sp³-hybridized carbons (Fsp3) is 0.0833. The van der Waals surface area contributed by atoms with Gasteiger partial charge in [0.1, 0.15) is 16.7 Å². The van der Waals surface area contributed by atoms with E-state index in [-0.39, 0.29) is 5.91 Å². The van der Waals surface area contributed by atoms with Crippen LogP contribution in [0.25, 0.3) is 6.08 Å². The van der Waals surface area contributed by atoms with Crippen molar-refractivity contribution in [2.45, 2.75) is 13.2 Å². The monoisotopic (exact) mass is 485 g/mol. The molecule has 31 heavy (non-hydrogen) atoms. The molecule has 0 radical (unpaired) electrons. The van der Waals surface area contributed by atoms with Crippen LogP contribution in [0.15, 0.2) is 77.7 Å². The van der Waals surface area contributed by atoms with Crippen LogP contribution >= 0.6 is 47.2 Å². The highest BCUT2D eigenvalue weighted by Crippen LogP contribution is 2.34. The summed E-state index contributed by atoms with van der Waals surface area (Å²) in [6.45, 7) is 0.816. The summed E-state index contributed by atoms with van der Waals surface area (Å²) < 4.78 is 6.38. The van der Waals surface area contributed by atoms with Gasteiger partial charge in [-0.25, -0.2) is 0 Å². The standard InChI is InChI=1S/C24H17Cl2NO2S2/c25-19-9-8-18(21(26)13-19)15-29-20-10-6-16(7-11-20)12-22-23(28)27(24(30)31-22)14-17-4-2-1-3-5-17/h1-13H,14-15H2. The van der Waals surface area contributed by atoms with E-state index in [1.807, 2.05) is 66.7 Å². The Bertz CT molecular complexity index is 1150. The molecule has 156 valence electrons. The van der Waals surface area contributed by atoms with Crippen LogP contribution in [0.4, 0.5) is 0 Å². The summed E-state index contributed by atoms with van der Waals surface area (Å²) in [5.41, 5.74) is 2.80. The van der Waals surface area contributed by atoms with Crippen LogP contribution in [0.3, 0.4) is 0 Å². The van der Waals surface area contributed by atoms with Gasteiger partial charge in [0.05, 0.1) is 11.4 Å². The van der Waals surface area contributed by atoms with Crippen LogP contribution in [0.2, 0.25) is 10.0 Å². The van der Waals surface area contributed by atoms with E-state index in [2.05, 4.69) is 0 Å². The van der Waals surface area contributed by atoms with Crippen LogP contribution in [-0.4, -0.2) is 15.1 Å². The van der Waals surface area contributed by atoms with Crippen LogP contribution in [0, 0.1) is 0 Å². The van der Waals surface area contributed by atoms with Crippen molar-refractivity contribution in [1.82, 2.24) is 4.90 Å². The van der Waals surface area contributed by atoms with Gasteiger partial charge in [-0.2, -0.15) is 0 Å². The maximum absolute atomic E-state index is 12.8. The molecule has 3 aromatic carbocycles. The number of amides is 1. The lowest BCUT2D eigenvalue weighted by molar-refractivity contribution is -0.122. The summed E-state index contributed by atoms with van der Waals surface area (Å²) in [4.78, 5) is 15.1. The molecule has 1 aliphatic rings. The maximum Gasteiger partial charge on any atom is 0.266 e. The normalized spacial score (nSPS) is 15.0. The van der Waals surface area contributed by atoms with Crippen molar-refractivity contribution >= 4 is 63.5 Å². The lowest BCUT2D eigenvalue weighted by Gasteiger charge is -2.14. The zero-order chi connectivity index (χ0) is 21.8. The van der Waals surface area contributed by atoms with Crippen LogP contribution < -0.4 is 4.74 Å². The minimum atomic E-state index is -0.0726. The number of benzene rings is 3. The van der Waals surface area contributed by atoms with Gasteiger partial charge < -0.3 is 4.74 Å². The molecule has 1 heterocycles. The maximum atomic E-state index is 12.8. The third-order valence-electron chi connectivity index (χ3n) is 4.64. The third-order valence-corrected chi connectivity index (χ3v) is 6.61. The second kappa shape index (κ2) is 9.88. The predicted octanol–water partition coefficient (Wildman–Crippen LogP) is 6.97. The highest BCUT2D eigenvalue weighted by Gasteiger charge is 2.31. The molecule has 0 bridgehead atoms. The first kappa shape index (κ1) is 21.9. The van der Waals surface area contributed by atoms with Gasteiger partial charge >= 0.3 is 0 Å². The summed E-state index contributed by atoms with van der Waals surface area (Å²) in [7, 11) is 0. The number of halogens is 2. The predicted molar refractivity (Wildman–Crippen MR) is 132 cm³/mol. The van der Waals surface area contributed by atoms with Crippen molar-refractivity contribution in [2.24, 2.45) is 0 Å². The average molecular weight is 486 g/mol. The number of ether oxygens (including phenoxy) is 1. The van der Waals surface area contributed by atoms with E-state index >= 15 is 0 Å². The number of hydrogen-bond acceptors (Lipinski definition) is 4. The smallest absolute Gasteiger partial charge is 0.266 e. The molecular weight excluding hydrogens is 469 g/mol. The van der Waals surface area contributed by atoms with Crippen molar-refractivity contribution in [2.75, 3.05) is 0 Å². The Hall–Kier alpha value is -2.31. The number of nitrogens with zero attached hydrogens (tertiary/aromatic N) is 1. The lowest BCUT2D eigenvalue weighted by Crippen LogP contribution is -2.27. The van der Waals surface area contributed by atoms with E-state index in [0.717, 1.165) is 16.7 Å². The molecule has 1 amide bonds. The van der Waals surface area contributed by atoms with E-state index in [4.69, 9.17) is 40.2 Å². The number of carbonyl (C=O) groups excluding carboxylic acids is 1. The van der Waals surface area contributed by atoms with Gasteiger partial charge in [0.15, 0.2) is 0 Å². The van der Waals surface area contributed by atoms with Crippen LogP contribution in [0.5, 0.6) is 5.75 Å². The molecule has 0 spiro atoms. The summed E-state index contributed by atoms with van der Waals surface area (Å²) in [5, 5.41) is 1.16. The molecule has 1 saturated heterocycles. The van der Waals surface area contributed by atoms with Gasteiger partial charge in [0.25, 0.3) is 5.91 Å². The molecule has 4 rings (SSSR count). The average Bonchev–Trinajstić information content (AvgIpc) is 3.02. The molecule has 0 aliphatic carbocycles. The van der Waals surface area contributed by atoms with E-state index in [1.54, 1.807) is 17.0 Å². The van der Waals surface area contributed by atoms with E-state index < -0.39 is 0 Å². The van der Waals surface area contributed by atoms with Crippen molar-refractivity contribution in [3.63, 3.8) is 0 Å². The highest BCUT2D eigenvalue weighted by atomic mass is 35.5. The van der Waals surface area contributed by atoms with E-state index in [1.165, 1.54) is 11.8 Å². The Morgan fingerprint density at radius 3 is 2.45 bits per heavy atom. The number of thiocarbonyl (C=S) groups is 1. The fourth-order valence-corrected chi connectivity index (χ4v) is 4.73. The molecule has 3 aromatic rings. The van der Waals surface area contributed by atoms with Crippen molar-refractivity contribution in [3.05, 3.63) is 104 Å². The first-order valence-corrected chi connectivity index (χ1v) is 11.4. The SMILES string of the molecule is O=C1C(=Cc2ccc(OCc3ccc(Cl)cc3Cl)cc2)SC(=S)N1Cc1ccccc1. The molecule has 1 aliphatic heterocycles. The topological polar surface area (TPSA) is 29.5 Å². The molecule has 0 N–H and O–H groups in total. The van der Waals surface area contributed by atoms with Crippen molar-refractivity contribution < 1.29 is 9.53 Å². The van der Waals surface area contributed by atoms with Gasteiger partial charge in [-0.15, -0.1) is 0 Å². The Morgan fingerprint density at radius 1 is 1.00 bits per heavy atom. The second-order valence-electron chi connectivity index (χ2n) is 6.85. The summed E-state index contributed by atoms with van der Waals surface area (Å²) >= 11 is 18.8. The van der Waals surface area contributed by atoms with Gasteiger partial charge in [0.2, 0.25) is 0 Å².